The number of alkyl halides is 3. The highest BCUT2D eigenvalue weighted by molar-refractivity contribution is 7.16. The van der Waals surface area contributed by atoms with Gasteiger partial charge in [-0.15, -0.1) is 0 Å². The van der Waals surface area contributed by atoms with Gasteiger partial charge in [-0.2, -0.15) is 13.2 Å². The van der Waals surface area contributed by atoms with E-state index >= 15 is 0 Å². The minimum Gasteiger partial charge on any atom is -0.405 e. The topological polar surface area (TPSA) is 145 Å². The van der Waals surface area contributed by atoms with Crippen LogP contribution in [0.1, 0.15) is 34.7 Å². The Morgan fingerprint density at radius 3 is 2.60 bits per heavy atom. The number of para-hydroxylation sites is 1. The molecule has 3 aromatic rings. The average Bonchev–Trinajstić information content (AvgIpc) is 3.31. The fourth-order valence-electron chi connectivity index (χ4n) is 4.22. The summed E-state index contributed by atoms with van der Waals surface area (Å²) in [4.78, 5) is 21.1. The molecule has 2 aliphatic rings. The number of aromatic nitrogens is 1. The van der Waals surface area contributed by atoms with Crippen LogP contribution in [0.2, 0.25) is 0 Å². The summed E-state index contributed by atoms with van der Waals surface area (Å²) in [6.45, 7) is 0.864. The van der Waals surface area contributed by atoms with Crippen LogP contribution in [0, 0.1) is 10.8 Å². The Kier molecular flexibility index (Phi) is 7.80. The van der Waals surface area contributed by atoms with Crippen LogP contribution in [0.4, 0.5) is 23.9 Å². The molecule has 1 fully saturated rings. The molecule has 2 aliphatic heterocycles. The molecule has 2 atom stereocenters. The zero-order valence-electron chi connectivity index (χ0n) is 20.8. The largest absolute Gasteiger partial charge is 0.443 e. The number of rotatable bonds is 5. The smallest absolute Gasteiger partial charge is 0.405 e. The van der Waals surface area contributed by atoms with Crippen LogP contribution < -0.4 is 16.0 Å². The van der Waals surface area contributed by atoms with Gasteiger partial charge in [0, 0.05) is 17.7 Å². The lowest BCUT2D eigenvalue weighted by atomic mass is 10.0. The molecule has 0 unspecified atom stereocenters. The second-order valence-corrected chi connectivity index (χ2v) is 9.94. The van der Waals surface area contributed by atoms with Crippen molar-refractivity contribution in [1.29, 1.82) is 10.8 Å². The number of nitrogens with one attached hydrogen (secondary N) is 5. The number of nitrogens with zero attached hydrogens (tertiary/aromatic N) is 2. The van der Waals surface area contributed by atoms with Gasteiger partial charge in [-0.3, -0.25) is 15.6 Å². The number of benzene rings is 2. The van der Waals surface area contributed by atoms with E-state index in [1.165, 1.54) is 0 Å². The molecule has 1 saturated heterocycles. The maximum atomic E-state index is 13.4. The van der Waals surface area contributed by atoms with E-state index in [1.54, 1.807) is 24.3 Å². The number of anilines is 2. The van der Waals surface area contributed by atoms with Crippen molar-refractivity contribution >= 4 is 45.6 Å². The minimum atomic E-state index is -4.73. The van der Waals surface area contributed by atoms with Gasteiger partial charge in [0.2, 0.25) is 17.1 Å². The third-order valence-electron chi connectivity index (χ3n) is 6.05. The van der Waals surface area contributed by atoms with Gasteiger partial charge in [0.15, 0.2) is 5.69 Å². The Hall–Kier alpha value is -4.30. The summed E-state index contributed by atoms with van der Waals surface area (Å²) in [5.41, 5.74) is 1.98. The van der Waals surface area contributed by atoms with Gasteiger partial charge >= 0.3 is 6.18 Å². The van der Waals surface area contributed by atoms with Crippen LogP contribution in [0.3, 0.4) is 0 Å². The van der Waals surface area contributed by atoms with Crippen molar-refractivity contribution in [3.63, 3.8) is 0 Å². The number of carbonyl (C=O) groups excluding carboxylic acids is 1. The minimum absolute atomic E-state index is 0.0207. The quantitative estimate of drug-likeness (QED) is 0.226. The highest BCUT2D eigenvalue weighted by Crippen LogP contribution is 2.37. The lowest BCUT2D eigenvalue weighted by Crippen LogP contribution is -2.43. The highest BCUT2D eigenvalue weighted by Gasteiger charge is 2.38. The molecule has 5 rings (SSSR count). The number of thiazole rings is 1. The van der Waals surface area contributed by atoms with Gasteiger partial charge in [-0.1, -0.05) is 59.9 Å². The summed E-state index contributed by atoms with van der Waals surface area (Å²) in [6.07, 6.45) is -4.66. The van der Waals surface area contributed by atoms with E-state index in [0.717, 1.165) is 12.0 Å². The lowest BCUT2D eigenvalue weighted by Gasteiger charge is -2.23. The van der Waals surface area contributed by atoms with Crippen LogP contribution in [0.5, 0.6) is 0 Å². The maximum absolute atomic E-state index is 13.4. The number of aliphatic imine (C=N–C) groups is 1. The summed E-state index contributed by atoms with van der Waals surface area (Å²) in [7, 11) is 0. The Morgan fingerprint density at radius 2 is 1.88 bits per heavy atom. The first kappa shape index (κ1) is 27.3. The number of amidine groups is 1. The van der Waals surface area contributed by atoms with Crippen molar-refractivity contribution < 1.29 is 27.4 Å². The predicted octanol–water partition coefficient (Wildman–Crippen LogP) is 4.43. The molecule has 5 N–H and O–H groups in total. The number of carbonyl (C=O) groups is 1. The van der Waals surface area contributed by atoms with Gasteiger partial charge < -0.3 is 25.4 Å². The molecule has 10 nitrogen and oxygen atoms in total. The number of ether oxygens (including phenoxy) is 2. The van der Waals surface area contributed by atoms with Crippen molar-refractivity contribution in [3.8, 4) is 0 Å². The third-order valence-corrected chi connectivity index (χ3v) is 7.08. The van der Waals surface area contributed by atoms with Crippen LogP contribution >= 0.6 is 11.3 Å². The van der Waals surface area contributed by atoms with E-state index in [1.807, 2.05) is 30.3 Å². The number of amides is 1. The van der Waals surface area contributed by atoms with E-state index in [2.05, 4.69) is 25.9 Å². The van der Waals surface area contributed by atoms with Gasteiger partial charge in [0.25, 0.3) is 11.9 Å². The summed E-state index contributed by atoms with van der Waals surface area (Å²) in [5.74, 6) is -1.39. The molecule has 3 heterocycles. The Balaban J connectivity index is 1.36. The fraction of sp³-hybridized carbons (Fsp3) is 0.269. The molecule has 0 spiro atoms. The Morgan fingerprint density at radius 1 is 1.12 bits per heavy atom. The van der Waals surface area contributed by atoms with E-state index in [4.69, 9.17) is 20.3 Å². The summed E-state index contributed by atoms with van der Waals surface area (Å²) < 4.78 is 50.9. The number of hydrogen-bond donors (Lipinski definition) is 5. The first-order chi connectivity index (χ1) is 19.2. The zero-order chi connectivity index (χ0) is 28.3. The summed E-state index contributed by atoms with van der Waals surface area (Å²) in [5, 5.41) is 23.6. The van der Waals surface area contributed by atoms with Crippen LogP contribution in [0.15, 0.2) is 59.6 Å². The molecule has 2 aromatic carbocycles. The molecule has 0 bridgehead atoms. The first-order valence-electron chi connectivity index (χ1n) is 12.3. The Bertz CT molecular complexity index is 1450. The molecule has 0 radical (unpaired) electrons. The molecular weight excluding hydrogens is 547 g/mol. The van der Waals surface area contributed by atoms with Crippen molar-refractivity contribution in [1.82, 2.24) is 10.3 Å². The second kappa shape index (κ2) is 11.4. The van der Waals surface area contributed by atoms with Gasteiger partial charge in [-0.05, 0) is 18.9 Å². The normalized spacial score (nSPS) is 19.0. The number of halogens is 3. The summed E-state index contributed by atoms with van der Waals surface area (Å²) >= 11 is 0.345. The maximum Gasteiger partial charge on any atom is 0.443 e. The van der Waals surface area contributed by atoms with Crippen LogP contribution in [-0.4, -0.2) is 53.9 Å². The van der Waals surface area contributed by atoms with Gasteiger partial charge in [-0.25, -0.2) is 9.98 Å². The monoisotopic (exact) mass is 571 g/mol. The highest BCUT2D eigenvalue weighted by atomic mass is 32.1. The average molecular weight is 572 g/mol. The molecule has 208 valence electrons. The third kappa shape index (κ3) is 6.13. The molecule has 1 amide bonds. The van der Waals surface area contributed by atoms with Crippen LogP contribution in [0.25, 0.3) is 0 Å². The molecule has 40 heavy (non-hydrogen) atoms. The molecule has 0 aliphatic carbocycles. The first-order valence-corrected chi connectivity index (χ1v) is 13.1. The lowest BCUT2D eigenvalue weighted by molar-refractivity contribution is -0.137. The standard InChI is InChI=1S/C26H24F3N7O3S/c27-26(28,29)24-35-19(23(40-24)32-15-9-6-12-38-13-15)20(30)39-25(31)36-21-22(37)33-17-11-5-4-10-16(17)18(34-21)14-7-2-1-3-8-14/h1-5,7-8,10-11,15,21,30,32H,6,9,12-13H2,(H2,31,36)(H,33,37)/t15-,21-/m1/s1. The Labute approximate surface area is 230 Å². The van der Waals surface area contributed by atoms with Crippen molar-refractivity contribution in [3.05, 3.63) is 76.4 Å². The molecule has 0 saturated carbocycles. The van der Waals surface area contributed by atoms with Crippen molar-refractivity contribution in [2.24, 2.45) is 4.99 Å². The van der Waals surface area contributed by atoms with Crippen molar-refractivity contribution in [2.75, 3.05) is 23.8 Å². The number of fused-ring (bicyclic) bond motifs is 1. The fourth-order valence-corrected chi connectivity index (χ4v) is 5.12. The van der Waals surface area contributed by atoms with E-state index in [-0.39, 0.29) is 11.0 Å². The van der Waals surface area contributed by atoms with Crippen LogP contribution in [-0.2, 0) is 20.4 Å². The number of hydrogen-bond acceptors (Lipinski definition) is 9. The molecule has 14 heteroatoms. The second-order valence-electron chi connectivity index (χ2n) is 8.94. The summed E-state index contributed by atoms with van der Waals surface area (Å²) in [6, 6.07) is 15.2. The zero-order valence-corrected chi connectivity index (χ0v) is 21.7. The van der Waals surface area contributed by atoms with E-state index < -0.39 is 40.9 Å². The molecular formula is C26H24F3N7O3S. The number of benzodiazepines with no additional fused rings is 1. The van der Waals surface area contributed by atoms with Gasteiger partial charge in [0.05, 0.1) is 24.0 Å². The van der Waals surface area contributed by atoms with Gasteiger partial charge in [0.1, 0.15) is 5.00 Å². The van der Waals surface area contributed by atoms with E-state index in [0.29, 0.717) is 47.9 Å². The SMILES string of the molecule is N=C(N[C@H]1N=C(c2ccccc2)c2ccccc2NC1=O)OC(=N)c1nc(C(F)(F)F)sc1N[C@@H]1CCCOC1. The van der Waals surface area contributed by atoms with E-state index in [9.17, 15) is 18.0 Å². The predicted molar refractivity (Wildman–Crippen MR) is 144 cm³/mol. The van der Waals surface area contributed by atoms with Crippen molar-refractivity contribution in [2.45, 2.75) is 31.2 Å². The molecule has 1 aromatic heterocycles.